The van der Waals surface area contributed by atoms with Crippen molar-refractivity contribution < 1.29 is 4.79 Å². The highest BCUT2D eigenvalue weighted by atomic mass is 79.9. The van der Waals surface area contributed by atoms with E-state index in [1.165, 1.54) is 6.42 Å². The van der Waals surface area contributed by atoms with E-state index in [0.717, 1.165) is 29.1 Å². The molecule has 0 aromatic heterocycles. The van der Waals surface area contributed by atoms with Crippen molar-refractivity contribution in [2.75, 3.05) is 5.33 Å². The Bertz CT molecular complexity index is 509. The maximum Gasteiger partial charge on any atom is 0.251 e. The summed E-state index contributed by atoms with van der Waals surface area (Å²) in [6.45, 7) is 2.25. The molecule has 0 spiro atoms. The van der Waals surface area contributed by atoms with E-state index in [0.29, 0.717) is 16.5 Å². The second-order valence-corrected chi connectivity index (χ2v) is 7.52. The Morgan fingerprint density at radius 1 is 1.55 bits per heavy atom. The lowest BCUT2D eigenvalue weighted by atomic mass is 9.77. The lowest BCUT2D eigenvalue weighted by Gasteiger charge is -2.39. The smallest absolute Gasteiger partial charge is 0.251 e. The van der Waals surface area contributed by atoms with Crippen LogP contribution in [0.4, 0.5) is 0 Å². The summed E-state index contributed by atoms with van der Waals surface area (Å²) in [5, 5.41) is 4.57. The monoisotopic (exact) mass is 421 g/mol. The van der Waals surface area contributed by atoms with Crippen LogP contribution >= 0.6 is 43.5 Å². The zero-order valence-electron chi connectivity index (χ0n) is 11.4. The average molecular weight is 424 g/mol. The van der Waals surface area contributed by atoms with Gasteiger partial charge in [0.15, 0.2) is 0 Å². The predicted octanol–water partition coefficient (Wildman–Crippen LogP) is 5.18. The van der Waals surface area contributed by atoms with E-state index < -0.39 is 0 Å². The van der Waals surface area contributed by atoms with Crippen molar-refractivity contribution in [3.05, 3.63) is 33.3 Å². The number of carbonyl (C=O) groups is 1. The molecule has 1 aromatic rings. The second kappa shape index (κ2) is 6.80. The average Bonchev–Trinajstić information content (AvgIpc) is 2.41. The maximum absolute atomic E-state index is 12.4. The van der Waals surface area contributed by atoms with Crippen molar-refractivity contribution in [2.24, 2.45) is 5.92 Å². The van der Waals surface area contributed by atoms with E-state index in [2.05, 4.69) is 44.1 Å². The highest BCUT2D eigenvalue weighted by Gasteiger charge is 2.35. The molecule has 0 radical (unpaired) electrons. The molecule has 2 nitrogen and oxygen atoms in total. The molecule has 20 heavy (non-hydrogen) atoms. The highest BCUT2D eigenvalue weighted by Crippen LogP contribution is 2.34. The molecule has 1 amide bonds. The predicted molar refractivity (Wildman–Crippen MR) is 90.8 cm³/mol. The van der Waals surface area contributed by atoms with Crippen LogP contribution in [-0.4, -0.2) is 16.8 Å². The van der Waals surface area contributed by atoms with Crippen LogP contribution in [-0.2, 0) is 0 Å². The summed E-state index contributed by atoms with van der Waals surface area (Å²) in [5.74, 6) is 0.600. The van der Waals surface area contributed by atoms with Crippen LogP contribution in [0.2, 0.25) is 5.02 Å². The number of amides is 1. The fraction of sp³-hybridized carbons (Fsp3) is 0.533. The first-order valence-electron chi connectivity index (χ1n) is 6.79. The van der Waals surface area contributed by atoms with Gasteiger partial charge in [-0.15, -0.1) is 0 Å². The molecule has 0 heterocycles. The van der Waals surface area contributed by atoms with Gasteiger partial charge in [0.25, 0.3) is 5.91 Å². The normalized spacial score (nSPS) is 26.3. The standard InChI is InChI=1S/C15H18Br2ClNO/c1-10-3-2-6-15(8-10,9-16)19-14(20)11-4-5-12(17)13(18)7-11/h4-5,7,10H,2-3,6,8-9H2,1H3,(H,19,20). The molecule has 1 aromatic carbocycles. The van der Waals surface area contributed by atoms with Gasteiger partial charge in [0.1, 0.15) is 0 Å². The largest absolute Gasteiger partial charge is 0.346 e. The molecule has 1 aliphatic rings. The number of hydrogen-bond donors (Lipinski definition) is 1. The summed E-state index contributed by atoms with van der Waals surface area (Å²) in [7, 11) is 0. The minimum absolute atomic E-state index is 0.0482. The Morgan fingerprint density at radius 3 is 2.90 bits per heavy atom. The molecule has 5 heteroatoms. The molecule has 1 fully saturated rings. The molecular formula is C15H18Br2ClNO. The van der Waals surface area contributed by atoms with Gasteiger partial charge in [-0.2, -0.15) is 0 Å². The molecule has 1 N–H and O–H groups in total. The van der Waals surface area contributed by atoms with E-state index in [9.17, 15) is 4.79 Å². The van der Waals surface area contributed by atoms with Crippen molar-refractivity contribution in [2.45, 2.75) is 38.1 Å². The summed E-state index contributed by atoms with van der Waals surface area (Å²) in [4.78, 5) is 12.4. The van der Waals surface area contributed by atoms with Crippen molar-refractivity contribution >= 4 is 49.4 Å². The van der Waals surface area contributed by atoms with Crippen LogP contribution < -0.4 is 5.32 Å². The summed E-state index contributed by atoms with van der Waals surface area (Å²) < 4.78 is 0.803. The number of carbonyl (C=O) groups excluding carboxylic acids is 1. The van der Waals surface area contributed by atoms with Crippen molar-refractivity contribution in [1.29, 1.82) is 0 Å². The minimum Gasteiger partial charge on any atom is -0.346 e. The van der Waals surface area contributed by atoms with Crippen LogP contribution in [0.5, 0.6) is 0 Å². The molecule has 0 bridgehead atoms. The van der Waals surface area contributed by atoms with Gasteiger partial charge in [0, 0.05) is 15.4 Å². The zero-order chi connectivity index (χ0) is 14.8. The molecule has 0 aliphatic heterocycles. The van der Waals surface area contributed by atoms with E-state index in [-0.39, 0.29) is 11.4 Å². The van der Waals surface area contributed by atoms with E-state index in [1.54, 1.807) is 12.1 Å². The van der Waals surface area contributed by atoms with Gasteiger partial charge in [0.05, 0.1) is 10.6 Å². The first kappa shape index (κ1) is 16.3. The number of alkyl halides is 1. The highest BCUT2D eigenvalue weighted by molar-refractivity contribution is 9.10. The molecule has 2 unspecified atom stereocenters. The number of rotatable bonds is 3. The second-order valence-electron chi connectivity index (χ2n) is 5.70. The van der Waals surface area contributed by atoms with E-state index in [1.807, 2.05) is 6.07 Å². The minimum atomic E-state index is -0.131. The van der Waals surface area contributed by atoms with Crippen LogP contribution in [0.25, 0.3) is 0 Å². The molecule has 1 saturated carbocycles. The summed E-state index contributed by atoms with van der Waals surface area (Å²) in [5.41, 5.74) is 0.477. The fourth-order valence-electron chi connectivity index (χ4n) is 2.88. The number of hydrogen-bond acceptors (Lipinski definition) is 1. The molecule has 0 saturated heterocycles. The van der Waals surface area contributed by atoms with Crippen molar-refractivity contribution in [3.8, 4) is 0 Å². The number of nitrogens with one attached hydrogen (secondary N) is 1. The maximum atomic E-state index is 12.4. The Morgan fingerprint density at radius 2 is 2.30 bits per heavy atom. The zero-order valence-corrected chi connectivity index (χ0v) is 15.3. The lowest BCUT2D eigenvalue weighted by molar-refractivity contribution is 0.0869. The third kappa shape index (κ3) is 3.77. The SMILES string of the molecule is CC1CCCC(CBr)(NC(=O)c2ccc(Br)c(Cl)c2)C1. The molecule has 1 aliphatic carbocycles. The third-order valence-corrected chi connectivity index (χ3v) is 6.21. The van der Waals surface area contributed by atoms with Gasteiger partial charge in [-0.25, -0.2) is 0 Å². The number of halogens is 3. The van der Waals surface area contributed by atoms with Crippen LogP contribution in [0.15, 0.2) is 22.7 Å². The summed E-state index contributed by atoms with van der Waals surface area (Å²) >= 11 is 13.0. The van der Waals surface area contributed by atoms with E-state index >= 15 is 0 Å². The Kier molecular flexibility index (Phi) is 5.55. The number of benzene rings is 1. The van der Waals surface area contributed by atoms with Gasteiger partial charge in [-0.05, 0) is 52.9 Å². The van der Waals surface area contributed by atoms with Gasteiger partial charge in [-0.1, -0.05) is 47.3 Å². The third-order valence-electron chi connectivity index (χ3n) is 3.91. The summed E-state index contributed by atoms with van der Waals surface area (Å²) in [6.07, 6.45) is 4.45. The topological polar surface area (TPSA) is 29.1 Å². The van der Waals surface area contributed by atoms with Crippen LogP contribution in [0, 0.1) is 5.92 Å². The summed E-state index contributed by atoms with van der Waals surface area (Å²) in [6, 6.07) is 5.30. The fourth-order valence-corrected chi connectivity index (χ4v) is 3.96. The van der Waals surface area contributed by atoms with E-state index in [4.69, 9.17) is 11.6 Å². The Labute approximate surface area is 141 Å². The van der Waals surface area contributed by atoms with Gasteiger partial charge < -0.3 is 5.32 Å². The molecular weight excluding hydrogens is 405 g/mol. The van der Waals surface area contributed by atoms with Gasteiger partial charge in [0.2, 0.25) is 0 Å². The Balaban J connectivity index is 2.14. The lowest BCUT2D eigenvalue weighted by Crippen LogP contribution is -2.52. The molecule has 110 valence electrons. The van der Waals surface area contributed by atoms with Crippen molar-refractivity contribution in [1.82, 2.24) is 5.32 Å². The van der Waals surface area contributed by atoms with Gasteiger partial charge in [-0.3, -0.25) is 4.79 Å². The quantitative estimate of drug-likeness (QED) is 0.667. The molecule has 2 rings (SSSR count). The van der Waals surface area contributed by atoms with Crippen molar-refractivity contribution in [3.63, 3.8) is 0 Å². The first-order chi connectivity index (χ1) is 9.46. The molecule has 2 atom stereocenters. The van der Waals surface area contributed by atoms with Gasteiger partial charge >= 0.3 is 0 Å². The van der Waals surface area contributed by atoms with Crippen LogP contribution in [0.1, 0.15) is 43.0 Å². The first-order valence-corrected chi connectivity index (χ1v) is 9.08. The van der Waals surface area contributed by atoms with Crippen LogP contribution in [0.3, 0.4) is 0 Å². The Hall–Kier alpha value is -0.0600.